The van der Waals surface area contributed by atoms with Crippen molar-refractivity contribution in [1.29, 1.82) is 5.41 Å². The maximum Gasteiger partial charge on any atom is 0.416 e. The number of nitrogens with zero attached hydrogens (tertiary/aromatic N) is 6. The number of hydrogen-bond donors (Lipinski definition) is 4. The number of hydrogen-bond acceptors (Lipinski definition) is 13. The van der Waals surface area contributed by atoms with E-state index in [0.717, 1.165) is 47.6 Å². The van der Waals surface area contributed by atoms with Crippen molar-refractivity contribution in [1.82, 2.24) is 25.5 Å². The van der Waals surface area contributed by atoms with Gasteiger partial charge >= 0.3 is 6.18 Å². The van der Waals surface area contributed by atoms with Crippen LogP contribution in [0.2, 0.25) is 5.02 Å². The lowest BCUT2D eigenvalue weighted by atomic mass is 10.2. The number of carbonyl (C=O) groups is 3. The summed E-state index contributed by atoms with van der Waals surface area (Å²) in [6.45, 7) is 12.5. The summed E-state index contributed by atoms with van der Waals surface area (Å²) in [7, 11) is 1.94. The smallest absolute Gasteiger partial charge is 0.416 e. The molecule has 0 atom stereocenters. The van der Waals surface area contributed by atoms with Gasteiger partial charge in [0, 0.05) is 52.2 Å². The molecule has 2 amide bonds. The Morgan fingerprint density at radius 1 is 1.09 bits per heavy atom. The zero-order valence-corrected chi connectivity index (χ0v) is 30.8. The van der Waals surface area contributed by atoms with Crippen LogP contribution in [0, 0.1) is 5.41 Å². The molecular formula is C35H43ClF3N9O6. The number of hydrazone groups is 1. The summed E-state index contributed by atoms with van der Waals surface area (Å²) in [4.78, 5) is 40.2. The van der Waals surface area contributed by atoms with Crippen LogP contribution in [0.4, 0.5) is 18.9 Å². The Balaban J connectivity index is 0.000000331. The topological polar surface area (TPSA) is 175 Å². The van der Waals surface area contributed by atoms with Crippen molar-refractivity contribution >= 4 is 54.5 Å². The van der Waals surface area contributed by atoms with Gasteiger partial charge in [-0.2, -0.15) is 18.3 Å². The molecule has 292 valence electrons. The molecule has 1 saturated heterocycles. The third-order valence-corrected chi connectivity index (χ3v) is 8.24. The first-order valence-electron chi connectivity index (χ1n) is 16.5. The molecule has 0 spiro atoms. The number of aliphatic hydroxyl groups excluding tert-OH is 1. The van der Waals surface area contributed by atoms with Crippen LogP contribution in [0.1, 0.15) is 31.4 Å². The number of benzene rings is 2. The van der Waals surface area contributed by atoms with Gasteiger partial charge in [-0.15, -0.1) is 0 Å². The lowest BCUT2D eigenvalue weighted by Crippen LogP contribution is -2.55. The molecule has 4 N–H and O–H groups in total. The molecule has 4 rings (SSSR count). The minimum atomic E-state index is -4.56. The normalized spacial score (nSPS) is 14.9. The van der Waals surface area contributed by atoms with Gasteiger partial charge in [-0.1, -0.05) is 24.6 Å². The fourth-order valence-corrected chi connectivity index (χ4v) is 5.28. The average molecular weight is 778 g/mol. The number of nitrogens with one attached hydrogen (secondary N) is 3. The van der Waals surface area contributed by atoms with Crippen LogP contribution in [0.5, 0.6) is 11.5 Å². The van der Waals surface area contributed by atoms with Crippen LogP contribution in [0.15, 0.2) is 69.7 Å². The van der Waals surface area contributed by atoms with Crippen molar-refractivity contribution in [3.05, 3.63) is 75.8 Å². The van der Waals surface area contributed by atoms with Crippen molar-refractivity contribution in [3.63, 3.8) is 0 Å². The highest BCUT2D eigenvalue weighted by Crippen LogP contribution is 2.34. The molecule has 0 bridgehead atoms. The number of alkyl halides is 3. The summed E-state index contributed by atoms with van der Waals surface area (Å²) < 4.78 is 49.4. The lowest BCUT2D eigenvalue weighted by Gasteiger charge is -2.39. The van der Waals surface area contributed by atoms with E-state index >= 15 is 0 Å². The Hall–Kier alpha value is -5.46. The van der Waals surface area contributed by atoms with Gasteiger partial charge in [0.05, 0.1) is 22.0 Å². The number of amides is 2. The van der Waals surface area contributed by atoms with E-state index in [0.29, 0.717) is 25.8 Å². The maximum atomic E-state index is 12.8. The molecule has 2 aromatic carbocycles. The maximum absolute atomic E-state index is 12.8. The first kappa shape index (κ1) is 42.9. The van der Waals surface area contributed by atoms with Gasteiger partial charge in [-0.05, 0) is 62.0 Å². The predicted octanol–water partition coefficient (Wildman–Crippen LogP) is 4.67. The highest BCUT2D eigenvalue weighted by atomic mass is 35.5. The van der Waals surface area contributed by atoms with Gasteiger partial charge in [-0.25, -0.2) is 15.1 Å². The number of carbonyl (C=O) groups excluding carboxylic acids is 3. The summed E-state index contributed by atoms with van der Waals surface area (Å²) in [5.41, 5.74) is 3.71. The van der Waals surface area contributed by atoms with Crippen LogP contribution in [0.3, 0.4) is 0 Å². The minimum Gasteiger partial charge on any atom is -0.504 e. The fraction of sp³-hybridized carbons (Fsp3) is 0.371. The molecule has 2 aliphatic heterocycles. The summed E-state index contributed by atoms with van der Waals surface area (Å²) in [6, 6.07) is 8.51. The molecule has 15 nitrogen and oxygen atoms in total. The zero-order valence-electron chi connectivity index (χ0n) is 30.1. The number of aldehydes is 1. The van der Waals surface area contributed by atoms with E-state index in [9.17, 15) is 32.7 Å². The number of rotatable bonds is 14. The fourth-order valence-electron chi connectivity index (χ4n) is 5.06. The number of aliphatic imine (C=N–C) groups is 1. The van der Waals surface area contributed by atoms with Gasteiger partial charge in [0.1, 0.15) is 26.0 Å². The van der Waals surface area contributed by atoms with E-state index in [1.807, 2.05) is 37.2 Å². The molecular weight excluding hydrogens is 735 g/mol. The SMILES string of the molecule is C=N/C(C)=C(/O)C(=N)C(=O)N1CCN(N(CC(=O)Nc2ccc(C(F)(F)F)cc2Cl)N=C)CC1.CC/C(=C/C=O)NN(C)Cc1ccc2c(c1)OCCO2. The van der Waals surface area contributed by atoms with Gasteiger partial charge in [0.25, 0.3) is 5.91 Å². The Morgan fingerprint density at radius 3 is 2.33 bits per heavy atom. The Kier molecular flexibility index (Phi) is 16.0. The van der Waals surface area contributed by atoms with Crippen LogP contribution in [-0.2, 0) is 27.1 Å². The summed E-state index contributed by atoms with van der Waals surface area (Å²) >= 11 is 5.86. The van der Waals surface area contributed by atoms with Gasteiger partial charge < -0.3 is 30.2 Å². The van der Waals surface area contributed by atoms with Gasteiger partial charge in [0.15, 0.2) is 23.0 Å². The van der Waals surface area contributed by atoms with Crippen molar-refractivity contribution in [3.8, 4) is 11.5 Å². The Bertz CT molecular complexity index is 1760. The number of fused-ring (bicyclic) bond motifs is 1. The van der Waals surface area contributed by atoms with Crippen molar-refractivity contribution < 1.29 is 42.1 Å². The highest BCUT2D eigenvalue weighted by molar-refractivity contribution is 6.43. The van der Waals surface area contributed by atoms with E-state index in [-0.39, 0.29) is 49.1 Å². The molecule has 0 aromatic heterocycles. The molecule has 2 heterocycles. The molecule has 0 aliphatic carbocycles. The Morgan fingerprint density at radius 2 is 1.76 bits per heavy atom. The van der Waals surface area contributed by atoms with Crippen LogP contribution >= 0.6 is 11.6 Å². The second-order valence-corrected chi connectivity index (χ2v) is 12.2. The number of aliphatic hydroxyl groups is 1. The second kappa shape index (κ2) is 20.1. The Labute approximate surface area is 315 Å². The largest absolute Gasteiger partial charge is 0.504 e. The number of hydrazine groups is 2. The molecule has 0 radical (unpaired) electrons. The number of allylic oxidation sites excluding steroid dienone is 3. The molecule has 19 heteroatoms. The van der Waals surface area contributed by atoms with E-state index in [2.05, 4.69) is 34.3 Å². The molecule has 0 saturated carbocycles. The average Bonchev–Trinajstić information content (AvgIpc) is 3.16. The van der Waals surface area contributed by atoms with Crippen LogP contribution in [0.25, 0.3) is 0 Å². The van der Waals surface area contributed by atoms with E-state index < -0.39 is 35.0 Å². The summed E-state index contributed by atoms with van der Waals surface area (Å²) in [6.07, 6.45) is -1.44. The third kappa shape index (κ3) is 12.3. The van der Waals surface area contributed by atoms with Gasteiger partial charge in [-0.3, -0.25) is 24.8 Å². The molecule has 54 heavy (non-hydrogen) atoms. The number of ether oxygens (including phenoxy) is 2. The minimum absolute atomic E-state index is 0.00905. The number of halogens is 4. The third-order valence-electron chi connectivity index (χ3n) is 7.93. The van der Waals surface area contributed by atoms with E-state index in [1.165, 1.54) is 16.9 Å². The van der Waals surface area contributed by atoms with Crippen LogP contribution in [-0.4, -0.2) is 115 Å². The monoisotopic (exact) mass is 777 g/mol. The number of piperazine rings is 1. The quantitative estimate of drug-likeness (QED) is 0.0694. The van der Waals surface area contributed by atoms with E-state index in [1.54, 1.807) is 11.1 Å². The van der Waals surface area contributed by atoms with Gasteiger partial charge in [0.2, 0.25) is 5.91 Å². The van der Waals surface area contributed by atoms with Crippen molar-refractivity contribution in [2.75, 3.05) is 58.3 Å². The van der Waals surface area contributed by atoms with E-state index in [4.69, 9.17) is 26.5 Å². The number of anilines is 1. The van der Waals surface area contributed by atoms with Crippen molar-refractivity contribution in [2.45, 2.75) is 33.0 Å². The van der Waals surface area contributed by atoms with Crippen LogP contribution < -0.4 is 20.2 Å². The molecule has 1 fully saturated rings. The molecule has 0 unspecified atom stereocenters. The summed E-state index contributed by atoms with van der Waals surface area (Å²) in [5, 5.41) is 28.5. The first-order valence-corrected chi connectivity index (χ1v) is 16.9. The van der Waals surface area contributed by atoms with Crippen molar-refractivity contribution in [2.24, 2.45) is 10.1 Å². The molecule has 2 aromatic rings. The molecule has 2 aliphatic rings. The second-order valence-electron chi connectivity index (χ2n) is 11.8. The highest BCUT2D eigenvalue weighted by Gasteiger charge is 2.32. The standard InChI is InChI=1S/C20H23ClF3N7O3.C15H20N2O3/c1-12(26-2)18(33)17(25)19(34)29-6-8-30(9-7-29)31(27-3)11-16(32)28-15-5-4-13(10-14(15)21)20(22,23)24;1-3-13(6-7-18)16-17(2)11-12-4-5-14-15(10-12)20-9-8-19-14/h4-5,10,25,33H,2-3,6-9,11H2,1H3,(H,28,32);4-7,10,16H,3,8-9,11H2,1-2H3/b18-12+,25-17?;13-6-. The first-order chi connectivity index (χ1) is 25.6. The summed E-state index contributed by atoms with van der Waals surface area (Å²) in [5.74, 6) is -0.257. The zero-order chi connectivity index (χ0) is 40.0. The lowest BCUT2D eigenvalue weighted by molar-refractivity contribution is -0.137. The predicted molar refractivity (Wildman–Crippen MR) is 199 cm³/mol.